The maximum absolute atomic E-state index is 12.7. The zero-order chi connectivity index (χ0) is 17.2. The highest BCUT2D eigenvalue weighted by atomic mass is 32.2. The van der Waals surface area contributed by atoms with E-state index in [1.54, 1.807) is 30.3 Å². The summed E-state index contributed by atoms with van der Waals surface area (Å²) in [6.07, 6.45) is 1.30. The zero-order valence-corrected chi connectivity index (χ0v) is 14.7. The van der Waals surface area contributed by atoms with Gasteiger partial charge in [-0.3, -0.25) is 0 Å². The molecule has 24 heavy (non-hydrogen) atoms. The molecule has 1 saturated heterocycles. The van der Waals surface area contributed by atoms with Crippen molar-refractivity contribution < 1.29 is 13.2 Å². The average molecular weight is 347 g/mol. The first-order chi connectivity index (χ1) is 11.4. The number of piperidine rings is 1. The van der Waals surface area contributed by atoms with Gasteiger partial charge in [0.05, 0.1) is 11.4 Å². The second-order valence-corrected chi connectivity index (χ2v) is 7.93. The molecule has 3 rings (SSSR count). The molecule has 1 unspecified atom stereocenters. The Morgan fingerprint density at radius 2 is 1.79 bits per heavy atom. The van der Waals surface area contributed by atoms with E-state index >= 15 is 0 Å². The Morgan fingerprint density at radius 1 is 1.12 bits per heavy atom. The zero-order valence-electron chi connectivity index (χ0n) is 13.8. The lowest BCUT2D eigenvalue weighted by molar-refractivity contribution is 0.119. The molecule has 0 amide bonds. The SMILES string of the molecule is Cc1cc(C)nc(OC2CCCN(S(=O)(=O)c3ccccc3)C2)n1. The van der Waals surface area contributed by atoms with Crippen LogP contribution in [0.5, 0.6) is 6.01 Å². The minimum Gasteiger partial charge on any atom is -0.459 e. The van der Waals surface area contributed by atoms with Gasteiger partial charge >= 0.3 is 6.01 Å². The molecular weight excluding hydrogens is 326 g/mol. The van der Waals surface area contributed by atoms with Crippen molar-refractivity contribution >= 4 is 10.0 Å². The largest absolute Gasteiger partial charge is 0.459 e. The molecule has 128 valence electrons. The predicted octanol–water partition coefficient (Wildman–Crippen LogP) is 2.33. The third kappa shape index (κ3) is 3.73. The van der Waals surface area contributed by atoms with E-state index in [1.165, 1.54) is 4.31 Å². The number of hydrogen-bond donors (Lipinski definition) is 0. The minimum absolute atomic E-state index is 0.238. The van der Waals surface area contributed by atoms with Crippen LogP contribution in [0.15, 0.2) is 41.3 Å². The number of aryl methyl sites for hydroxylation is 2. The third-order valence-electron chi connectivity index (χ3n) is 3.96. The van der Waals surface area contributed by atoms with E-state index < -0.39 is 10.0 Å². The first kappa shape index (κ1) is 16.9. The molecule has 2 heterocycles. The van der Waals surface area contributed by atoms with Crippen LogP contribution in [0.4, 0.5) is 0 Å². The van der Waals surface area contributed by atoms with Crippen molar-refractivity contribution in [2.75, 3.05) is 13.1 Å². The molecule has 1 aromatic carbocycles. The van der Waals surface area contributed by atoms with Crippen molar-refractivity contribution in [3.8, 4) is 6.01 Å². The maximum Gasteiger partial charge on any atom is 0.317 e. The Hall–Kier alpha value is -1.99. The van der Waals surface area contributed by atoms with Crippen LogP contribution >= 0.6 is 0 Å². The first-order valence-corrected chi connectivity index (χ1v) is 9.43. The van der Waals surface area contributed by atoms with Gasteiger partial charge in [-0.05, 0) is 44.9 Å². The molecular formula is C17H21N3O3S. The number of rotatable bonds is 4. The van der Waals surface area contributed by atoms with Gasteiger partial charge in [-0.2, -0.15) is 4.31 Å². The molecule has 0 N–H and O–H groups in total. The molecule has 7 heteroatoms. The minimum atomic E-state index is -3.49. The van der Waals surface area contributed by atoms with Gasteiger partial charge in [0.1, 0.15) is 6.10 Å². The van der Waals surface area contributed by atoms with Crippen LogP contribution in [0.2, 0.25) is 0 Å². The topological polar surface area (TPSA) is 72.4 Å². The van der Waals surface area contributed by atoms with Crippen molar-refractivity contribution in [1.29, 1.82) is 0 Å². The molecule has 0 saturated carbocycles. The molecule has 1 atom stereocenters. The highest BCUT2D eigenvalue weighted by molar-refractivity contribution is 7.89. The molecule has 0 bridgehead atoms. The summed E-state index contributed by atoms with van der Waals surface area (Å²) in [6, 6.07) is 10.7. The standard InChI is InChI=1S/C17H21N3O3S/c1-13-11-14(2)19-17(18-13)23-15-7-6-10-20(12-15)24(21,22)16-8-4-3-5-9-16/h3-5,8-9,11,15H,6-7,10,12H2,1-2H3. The molecule has 1 aromatic heterocycles. The molecule has 1 aliphatic heterocycles. The lowest BCUT2D eigenvalue weighted by Crippen LogP contribution is -2.44. The Labute approximate surface area is 142 Å². The Kier molecular flexibility index (Phi) is 4.82. The third-order valence-corrected chi connectivity index (χ3v) is 5.84. The lowest BCUT2D eigenvalue weighted by Gasteiger charge is -2.31. The molecule has 1 aliphatic rings. The molecule has 0 aliphatic carbocycles. The summed E-state index contributed by atoms with van der Waals surface area (Å²) in [6.45, 7) is 4.58. The molecule has 1 fully saturated rings. The fourth-order valence-corrected chi connectivity index (χ4v) is 4.39. The van der Waals surface area contributed by atoms with Gasteiger partial charge in [0.15, 0.2) is 0 Å². The average Bonchev–Trinajstić information content (AvgIpc) is 2.55. The summed E-state index contributed by atoms with van der Waals surface area (Å²) in [7, 11) is -3.49. The lowest BCUT2D eigenvalue weighted by atomic mass is 10.1. The number of benzene rings is 1. The summed E-state index contributed by atoms with van der Waals surface area (Å²) in [5.41, 5.74) is 1.67. The summed E-state index contributed by atoms with van der Waals surface area (Å²) >= 11 is 0. The fraction of sp³-hybridized carbons (Fsp3) is 0.412. The van der Waals surface area contributed by atoms with Crippen molar-refractivity contribution in [3.05, 3.63) is 47.8 Å². The van der Waals surface area contributed by atoms with Crippen LogP contribution in [-0.2, 0) is 10.0 Å². The van der Waals surface area contributed by atoms with Crippen molar-refractivity contribution in [3.63, 3.8) is 0 Å². The molecule has 0 spiro atoms. The molecule has 6 nitrogen and oxygen atoms in total. The summed E-state index contributed by atoms with van der Waals surface area (Å²) < 4.78 is 32.8. The number of sulfonamides is 1. The Balaban J connectivity index is 1.75. The number of hydrogen-bond acceptors (Lipinski definition) is 5. The van der Waals surface area contributed by atoms with E-state index in [2.05, 4.69) is 9.97 Å². The number of nitrogens with zero attached hydrogens (tertiary/aromatic N) is 3. The normalized spacial score (nSPS) is 19.2. The fourth-order valence-electron chi connectivity index (χ4n) is 2.86. The van der Waals surface area contributed by atoms with Gasteiger partial charge in [-0.1, -0.05) is 18.2 Å². The van der Waals surface area contributed by atoms with Gasteiger partial charge in [0.2, 0.25) is 10.0 Å². The second kappa shape index (κ2) is 6.86. The van der Waals surface area contributed by atoms with E-state index in [9.17, 15) is 8.42 Å². The van der Waals surface area contributed by atoms with Crippen LogP contribution < -0.4 is 4.74 Å². The quantitative estimate of drug-likeness (QED) is 0.849. The monoisotopic (exact) mass is 347 g/mol. The van der Waals surface area contributed by atoms with E-state index in [4.69, 9.17) is 4.74 Å². The van der Waals surface area contributed by atoms with Crippen LogP contribution in [0.3, 0.4) is 0 Å². The van der Waals surface area contributed by atoms with Crippen molar-refractivity contribution in [2.24, 2.45) is 0 Å². The van der Waals surface area contributed by atoms with E-state index in [0.717, 1.165) is 24.2 Å². The van der Waals surface area contributed by atoms with Gasteiger partial charge in [-0.25, -0.2) is 18.4 Å². The predicted molar refractivity (Wildman–Crippen MR) is 90.4 cm³/mol. The van der Waals surface area contributed by atoms with E-state index in [-0.39, 0.29) is 6.10 Å². The first-order valence-electron chi connectivity index (χ1n) is 7.99. The highest BCUT2D eigenvalue weighted by Crippen LogP contribution is 2.22. The van der Waals surface area contributed by atoms with Crippen LogP contribution in [0.1, 0.15) is 24.2 Å². The van der Waals surface area contributed by atoms with Crippen molar-refractivity contribution in [2.45, 2.75) is 37.7 Å². The summed E-state index contributed by atoms with van der Waals surface area (Å²) in [4.78, 5) is 8.86. The Morgan fingerprint density at radius 3 is 2.46 bits per heavy atom. The van der Waals surface area contributed by atoms with Crippen LogP contribution in [0, 0.1) is 13.8 Å². The van der Waals surface area contributed by atoms with E-state index in [1.807, 2.05) is 19.9 Å². The Bertz CT molecular complexity index is 789. The molecule has 2 aromatic rings. The number of aromatic nitrogens is 2. The van der Waals surface area contributed by atoms with Crippen LogP contribution in [-0.4, -0.2) is 41.9 Å². The maximum atomic E-state index is 12.7. The smallest absolute Gasteiger partial charge is 0.317 e. The van der Waals surface area contributed by atoms with Gasteiger partial charge in [0.25, 0.3) is 0 Å². The summed E-state index contributed by atoms with van der Waals surface area (Å²) in [5, 5.41) is 0. The van der Waals surface area contributed by atoms with Gasteiger partial charge < -0.3 is 4.74 Å². The van der Waals surface area contributed by atoms with Gasteiger partial charge in [-0.15, -0.1) is 0 Å². The second-order valence-electron chi connectivity index (χ2n) is 5.99. The molecule has 0 radical (unpaired) electrons. The summed E-state index contributed by atoms with van der Waals surface area (Å²) in [5.74, 6) is 0. The van der Waals surface area contributed by atoms with E-state index in [0.29, 0.717) is 24.0 Å². The van der Waals surface area contributed by atoms with Gasteiger partial charge in [0, 0.05) is 17.9 Å². The van der Waals surface area contributed by atoms with Crippen molar-refractivity contribution in [1.82, 2.24) is 14.3 Å². The van der Waals surface area contributed by atoms with Crippen LogP contribution in [0.25, 0.3) is 0 Å². The number of ether oxygens (including phenoxy) is 1. The highest BCUT2D eigenvalue weighted by Gasteiger charge is 2.31.